The molecule has 1 aromatic rings. The zero-order valence-electron chi connectivity index (χ0n) is 12.8. The summed E-state index contributed by atoms with van der Waals surface area (Å²) in [6.07, 6.45) is 0. The highest BCUT2D eigenvalue weighted by atomic mass is 32.2. The van der Waals surface area contributed by atoms with E-state index in [-0.39, 0.29) is 17.1 Å². The zero-order valence-corrected chi connectivity index (χ0v) is 13.6. The molecule has 2 unspecified atom stereocenters. The Labute approximate surface area is 135 Å². The topological polar surface area (TPSA) is 125 Å². The van der Waals surface area contributed by atoms with Crippen LogP contribution in [0.2, 0.25) is 0 Å². The molecule has 2 rings (SSSR count). The summed E-state index contributed by atoms with van der Waals surface area (Å²) < 4.78 is 26.6. The molecule has 2 atom stereocenters. The normalized spacial score (nSPS) is 21.4. The first kappa shape index (κ1) is 17.8. The molecule has 1 fully saturated rings. The zero-order chi connectivity index (χ0) is 16.9. The Bertz CT molecular complexity index is 634. The van der Waals surface area contributed by atoms with Crippen LogP contribution >= 0.6 is 0 Å². The quantitative estimate of drug-likeness (QED) is 0.287. The van der Waals surface area contributed by atoms with Crippen molar-refractivity contribution in [1.29, 1.82) is 0 Å². The third-order valence-corrected chi connectivity index (χ3v) is 5.24. The second-order valence-electron chi connectivity index (χ2n) is 5.43. The molecule has 1 aliphatic rings. The van der Waals surface area contributed by atoms with E-state index in [1.165, 1.54) is 24.3 Å². The Balaban J connectivity index is 1.76. The maximum Gasteiger partial charge on any atom is 0.269 e. The molecule has 0 amide bonds. The van der Waals surface area contributed by atoms with Crippen LogP contribution in [0.25, 0.3) is 0 Å². The fourth-order valence-corrected chi connectivity index (χ4v) is 3.32. The van der Waals surface area contributed by atoms with E-state index in [0.29, 0.717) is 18.5 Å². The molecular weight excluding hydrogens is 322 g/mol. The van der Waals surface area contributed by atoms with Gasteiger partial charge in [-0.15, -0.1) is 0 Å². The van der Waals surface area contributed by atoms with Crippen molar-refractivity contribution in [3.63, 3.8) is 0 Å². The molecule has 1 aliphatic heterocycles. The molecule has 10 heteroatoms. The second-order valence-corrected chi connectivity index (χ2v) is 7.19. The summed E-state index contributed by atoms with van der Waals surface area (Å²) >= 11 is 0. The number of hydrazine groups is 1. The van der Waals surface area contributed by atoms with Gasteiger partial charge in [-0.1, -0.05) is 0 Å². The standard InChI is InChI=1S/C13H21N5O4S/c1-10-11(9-15-17-10)8-14-6-7-16-23(21,22)13-4-2-12(3-5-13)18(19)20/h2-5,10-11,14-17H,6-9H2,1H3. The molecule has 0 radical (unpaired) electrons. The highest BCUT2D eigenvalue weighted by molar-refractivity contribution is 7.89. The monoisotopic (exact) mass is 343 g/mol. The number of rotatable bonds is 8. The summed E-state index contributed by atoms with van der Waals surface area (Å²) in [4.78, 5) is 10.0. The molecule has 1 aromatic carbocycles. The first-order chi connectivity index (χ1) is 10.9. The number of nitro groups is 1. The van der Waals surface area contributed by atoms with Gasteiger partial charge in [0.2, 0.25) is 10.0 Å². The van der Waals surface area contributed by atoms with Crippen molar-refractivity contribution in [3.8, 4) is 0 Å². The molecule has 128 valence electrons. The highest BCUT2D eigenvalue weighted by Crippen LogP contribution is 2.15. The summed E-state index contributed by atoms with van der Waals surface area (Å²) in [7, 11) is -3.65. The first-order valence-electron chi connectivity index (χ1n) is 7.33. The predicted octanol–water partition coefficient (Wildman–Crippen LogP) is -0.425. The van der Waals surface area contributed by atoms with Crippen molar-refractivity contribution in [3.05, 3.63) is 34.4 Å². The minimum Gasteiger partial charge on any atom is -0.315 e. The van der Waals surface area contributed by atoms with Crippen molar-refractivity contribution in [2.45, 2.75) is 17.9 Å². The molecule has 1 saturated heterocycles. The molecule has 0 saturated carbocycles. The molecule has 1 heterocycles. The lowest BCUT2D eigenvalue weighted by molar-refractivity contribution is -0.384. The van der Waals surface area contributed by atoms with E-state index >= 15 is 0 Å². The minimum atomic E-state index is -3.65. The fourth-order valence-electron chi connectivity index (χ4n) is 2.29. The van der Waals surface area contributed by atoms with E-state index in [1.54, 1.807) is 0 Å². The summed E-state index contributed by atoms with van der Waals surface area (Å²) in [6.45, 7) is 4.52. The summed E-state index contributed by atoms with van der Waals surface area (Å²) in [5.41, 5.74) is 6.05. The van der Waals surface area contributed by atoms with Gasteiger partial charge >= 0.3 is 0 Å². The van der Waals surface area contributed by atoms with Gasteiger partial charge in [0, 0.05) is 50.3 Å². The lowest BCUT2D eigenvalue weighted by Gasteiger charge is -2.14. The van der Waals surface area contributed by atoms with Gasteiger partial charge in [-0.2, -0.15) is 0 Å². The Hall–Kier alpha value is -1.59. The van der Waals surface area contributed by atoms with Crippen LogP contribution in [0.1, 0.15) is 6.92 Å². The Morgan fingerprint density at radius 3 is 2.57 bits per heavy atom. The minimum absolute atomic E-state index is 0.0147. The first-order valence-corrected chi connectivity index (χ1v) is 8.81. The number of nitrogens with zero attached hydrogens (tertiary/aromatic N) is 1. The number of benzene rings is 1. The predicted molar refractivity (Wildman–Crippen MR) is 85.2 cm³/mol. The van der Waals surface area contributed by atoms with Crippen LogP contribution in [0.3, 0.4) is 0 Å². The van der Waals surface area contributed by atoms with Gasteiger partial charge in [-0.3, -0.25) is 21.0 Å². The van der Waals surface area contributed by atoms with Gasteiger partial charge in [-0.05, 0) is 19.1 Å². The van der Waals surface area contributed by atoms with Gasteiger partial charge in [0.05, 0.1) is 9.82 Å². The number of non-ortho nitro benzene ring substituents is 1. The molecule has 4 N–H and O–H groups in total. The summed E-state index contributed by atoms with van der Waals surface area (Å²) in [6, 6.07) is 5.18. The van der Waals surface area contributed by atoms with E-state index < -0.39 is 14.9 Å². The van der Waals surface area contributed by atoms with Gasteiger partial charge < -0.3 is 5.32 Å². The van der Waals surface area contributed by atoms with Crippen LogP contribution < -0.4 is 20.9 Å². The Morgan fingerprint density at radius 1 is 1.30 bits per heavy atom. The smallest absolute Gasteiger partial charge is 0.269 e. The summed E-state index contributed by atoms with van der Waals surface area (Å²) in [5.74, 6) is 0.460. The second kappa shape index (κ2) is 7.79. The lowest BCUT2D eigenvalue weighted by atomic mass is 10.0. The summed E-state index contributed by atoms with van der Waals surface area (Å²) in [5, 5.41) is 13.8. The van der Waals surface area contributed by atoms with Crippen molar-refractivity contribution in [2.24, 2.45) is 5.92 Å². The average Bonchev–Trinajstić information content (AvgIpc) is 2.92. The largest absolute Gasteiger partial charge is 0.315 e. The van der Waals surface area contributed by atoms with E-state index in [1.807, 2.05) is 0 Å². The molecule has 0 bridgehead atoms. The van der Waals surface area contributed by atoms with Crippen LogP contribution in [0.5, 0.6) is 0 Å². The Morgan fingerprint density at radius 2 is 2.00 bits per heavy atom. The highest BCUT2D eigenvalue weighted by Gasteiger charge is 2.21. The van der Waals surface area contributed by atoms with Crippen LogP contribution in [0, 0.1) is 16.0 Å². The molecule has 9 nitrogen and oxygen atoms in total. The van der Waals surface area contributed by atoms with E-state index in [0.717, 1.165) is 13.1 Å². The fraction of sp³-hybridized carbons (Fsp3) is 0.538. The molecule has 0 aliphatic carbocycles. The maximum absolute atomic E-state index is 12.1. The van der Waals surface area contributed by atoms with E-state index in [2.05, 4.69) is 27.8 Å². The molecular formula is C13H21N5O4S. The van der Waals surface area contributed by atoms with E-state index in [9.17, 15) is 18.5 Å². The third kappa shape index (κ3) is 4.94. The van der Waals surface area contributed by atoms with Crippen molar-refractivity contribution in [1.82, 2.24) is 20.9 Å². The Kier molecular flexibility index (Phi) is 6.02. The van der Waals surface area contributed by atoms with Gasteiger partial charge in [0.1, 0.15) is 0 Å². The van der Waals surface area contributed by atoms with Crippen molar-refractivity contribution < 1.29 is 13.3 Å². The van der Waals surface area contributed by atoms with Crippen molar-refractivity contribution >= 4 is 15.7 Å². The molecule has 0 spiro atoms. The number of nitrogens with one attached hydrogen (secondary N) is 4. The average molecular weight is 343 g/mol. The number of sulfonamides is 1. The van der Waals surface area contributed by atoms with Crippen LogP contribution in [-0.2, 0) is 10.0 Å². The third-order valence-electron chi connectivity index (χ3n) is 3.76. The lowest BCUT2D eigenvalue weighted by Crippen LogP contribution is -2.36. The van der Waals surface area contributed by atoms with Crippen LogP contribution in [0.4, 0.5) is 5.69 Å². The van der Waals surface area contributed by atoms with Gasteiger partial charge in [0.25, 0.3) is 5.69 Å². The molecule has 23 heavy (non-hydrogen) atoms. The number of nitro benzene ring substituents is 1. The SMILES string of the molecule is CC1NNCC1CNCCNS(=O)(=O)c1ccc([N+](=O)[O-])cc1. The van der Waals surface area contributed by atoms with Gasteiger partial charge in [-0.25, -0.2) is 13.1 Å². The molecule has 0 aromatic heterocycles. The van der Waals surface area contributed by atoms with Gasteiger partial charge in [0.15, 0.2) is 0 Å². The van der Waals surface area contributed by atoms with Crippen LogP contribution in [0.15, 0.2) is 29.2 Å². The van der Waals surface area contributed by atoms with Crippen molar-refractivity contribution in [2.75, 3.05) is 26.2 Å². The maximum atomic E-state index is 12.1. The number of hydrogen-bond acceptors (Lipinski definition) is 7. The van der Waals surface area contributed by atoms with E-state index in [4.69, 9.17) is 0 Å². The van der Waals surface area contributed by atoms with Crippen LogP contribution in [-0.4, -0.2) is 45.6 Å². The number of hydrogen-bond donors (Lipinski definition) is 4.